The van der Waals surface area contributed by atoms with E-state index < -0.39 is 0 Å². The molecule has 0 bridgehead atoms. The van der Waals surface area contributed by atoms with Crippen molar-refractivity contribution in [3.05, 3.63) is 25.3 Å². The molecule has 0 unspecified atom stereocenters. The Labute approximate surface area is 85.9 Å². The topological polar surface area (TPSA) is 17.1 Å². The first-order valence-electron chi connectivity index (χ1n) is 5.46. The number of hydrogen-bond acceptors (Lipinski definition) is 1. The standard InChI is InChI=1S/C13H18O/c1-3-5-12(7-8-12)11(14)13(6-4-2)9-10-13/h3-4H,1-2,5-10H2. The lowest BCUT2D eigenvalue weighted by Crippen LogP contribution is -2.25. The molecule has 0 radical (unpaired) electrons. The van der Waals surface area contributed by atoms with Crippen LogP contribution in [0.2, 0.25) is 0 Å². The lowest BCUT2D eigenvalue weighted by Gasteiger charge is -2.18. The zero-order chi connectivity index (χ0) is 10.2. The molecule has 2 saturated carbocycles. The van der Waals surface area contributed by atoms with Crippen molar-refractivity contribution in [2.24, 2.45) is 10.8 Å². The summed E-state index contributed by atoms with van der Waals surface area (Å²) in [5, 5.41) is 0. The minimum absolute atomic E-state index is 0.00125. The van der Waals surface area contributed by atoms with Crippen molar-refractivity contribution < 1.29 is 4.79 Å². The summed E-state index contributed by atoms with van der Waals surface area (Å²) in [6.07, 6.45) is 9.88. The summed E-state index contributed by atoms with van der Waals surface area (Å²) in [6, 6.07) is 0. The van der Waals surface area contributed by atoms with E-state index in [9.17, 15) is 4.79 Å². The highest BCUT2D eigenvalue weighted by Crippen LogP contribution is 2.61. The SMILES string of the molecule is C=CCC1(C(=O)C2(CC=C)CC2)CC1. The maximum Gasteiger partial charge on any atom is 0.145 e. The van der Waals surface area contributed by atoms with Gasteiger partial charge >= 0.3 is 0 Å². The summed E-state index contributed by atoms with van der Waals surface area (Å²) in [5.74, 6) is 0.504. The van der Waals surface area contributed by atoms with Gasteiger partial charge in [0.05, 0.1) is 0 Å². The quantitative estimate of drug-likeness (QED) is 0.587. The molecule has 0 aromatic heterocycles. The van der Waals surface area contributed by atoms with E-state index in [-0.39, 0.29) is 10.8 Å². The van der Waals surface area contributed by atoms with Crippen LogP contribution in [0.5, 0.6) is 0 Å². The highest BCUT2D eigenvalue weighted by molar-refractivity contribution is 5.94. The van der Waals surface area contributed by atoms with E-state index in [1.54, 1.807) is 0 Å². The fraction of sp³-hybridized carbons (Fsp3) is 0.615. The average Bonchev–Trinajstić information content (AvgIpc) is 3.01. The molecule has 1 nitrogen and oxygen atoms in total. The van der Waals surface area contributed by atoms with Gasteiger partial charge in [-0.15, -0.1) is 13.2 Å². The molecule has 0 amide bonds. The van der Waals surface area contributed by atoms with Crippen LogP contribution in [0.15, 0.2) is 25.3 Å². The Hall–Kier alpha value is -0.850. The number of ketones is 1. The molecule has 2 fully saturated rings. The molecule has 0 aliphatic heterocycles. The number of allylic oxidation sites excluding steroid dienone is 2. The highest BCUT2D eigenvalue weighted by Gasteiger charge is 2.60. The molecule has 1 heteroatoms. The third kappa shape index (κ3) is 1.35. The van der Waals surface area contributed by atoms with Gasteiger partial charge < -0.3 is 0 Å². The van der Waals surface area contributed by atoms with Gasteiger partial charge in [-0.1, -0.05) is 12.2 Å². The smallest absolute Gasteiger partial charge is 0.145 e. The first-order chi connectivity index (χ1) is 6.69. The van der Waals surface area contributed by atoms with Gasteiger partial charge in [0.15, 0.2) is 0 Å². The van der Waals surface area contributed by atoms with Crippen LogP contribution < -0.4 is 0 Å². The molecule has 0 spiro atoms. The second-order valence-electron chi connectivity index (χ2n) is 4.88. The van der Waals surface area contributed by atoms with Crippen molar-refractivity contribution in [1.82, 2.24) is 0 Å². The Kier molecular flexibility index (Phi) is 2.13. The summed E-state index contributed by atoms with van der Waals surface area (Å²) in [5.41, 5.74) is 0.00250. The normalized spacial score (nSPS) is 25.1. The van der Waals surface area contributed by atoms with Crippen LogP contribution in [0.4, 0.5) is 0 Å². The first-order valence-corrected chi connectivity index (χ1v) is 5.46. The number of Topliss-reactive ketones (excluding diaryl/α,β-unsaturated/α-hetero) is 1. The van der Waals surface area contributed by atoms with Crippen molar-refractivity contribution in [2.75, 3.05) is 0 Å². The monoisotopic (exact) mass is 190 g/mol. The van der Waals surface area contributed by atoms with Crippen LogP contribution in [0.25, 0.3) is 0 Å². The summed E-state index contributed by atoms with van der Waals surface area (Å²) in [4.78, 5) is 12.3. The first kappa shape index (κ1) is 9.70. The Morgan fingerprint density at radius 2 is 1.36 bits per heavy atom. The minimum atomic E-state index is 0.00125. The second kappa shape index (κ2) is 3.08. The zero-order valence-electron chi connectivity index (χ0n) is 8.72. The maximum atomic E-state index is 12.3. The number of carbonyl (C=O) groups is 1. The van der Waals surface area contributed by atoms with Gasteiger partial charge in [0.2, 0.25) is 0 Å². The van der Waals surface area contributed by atoms with E-state index in [2.05, 4.69) is 13.2 Å². The van der Waals surface area contributed by atoms with Gasteiger partial charge in [0.25, 0.3) is 0 Å². The van der Waals surface area contributed by atoms with Crippen LogP contribution in [0, 0.1) is 10.8 Å². The van der Waals surface area contributed by atoms with Crippen LogP contribution in [0.3, 0.4) is 0 Å². The molecule has 2 aliphatic carbocycles. The summed E-state index contributed by atoms with van der Waals surface area (Å²) in [6.45, 7) is 7.49. The fourth-order valence-corrected chi connectivity index (χ4v) is 2.46. The number of rotatable bonds is 6. The van der Waals surface area contributed by atoms with E-state index in [1.165, 1.54) is 0 Å². The van der Waals surface area contributed by atoms with Gasteiger partial charge in [-0.05, 0) is 38.5 Å². The molecule has 0 aromatic rings. The fourth-order valence-electron chi connectivity index (χ4n) is 2.46. The summed E-state index contributed by atoms with van der Waals surface area (Å²) < 4.78 is 0. The van der Waals surface area contributed by atoms with Crippen molar-refractivity contribution in [2.45, 2.75) is 38.5 Å². The summed E-state index contributed by atoms with van der Waals surface area (Å²) in [7, 11) is 0. The highest BCUT2D eigenvalue weighted by atomic mass is 16.1. The zero-order valence-corrected chi connectivity index (χ0v) is 8.72. The van der Waals surface area contributed by atoms with Gasteiger partial charge in [0, 0.05) is 10.8 Å². The van der Waals surface area contributed by atoms with Crippen molar-refractivity contribution >= 4 is 5.78 Å². The molecule has 2 rings (SSSR count). The number of carbonyl (C=O) groups excluding carboxylic acids is 1. The minimum Gasteiger partial charge on any atom is -0.298 e. The Balaban J connectivity index is 2.08. The van der Waals surface area contributed by atoms with Crippen LogP contribution >= 0.6 is 0 Å². The Morgan fingerprint density at radius 3 is 1.57 bits per heavy atom. The molecule has 0 N–H and O–H groups in total. The third-order valence-corrected chi connectivity index (χ3v) is 3.74. The lowest BCUT2D eigenvalue weighted by molar-refractivity contribution is -0.129. The van der Waals surface area contributed by atoms with Crippen LogP contribution in [0.1, 0.15) is 38.5 Å². The van der Waals surface area contributed by atoms with Crippen molar-refractivity contribution in [1.29, 1.82) is 0 Å². The average molecular weight is 190 g/mol. The predicted molar refractivity (Wildman–Crippen MR) is 58.0 cm³/mol. The summed E-state index contributed by atoms with van der Waals surface area (Å²) >= 11 is 0. The van der Waals surface area contributed by atoms with Gasteiger partial charge in [-0.2, -0.15) is 0 Å². The molecular formula is C13H18O. The Bertz CT molecular complexity index is 252. The molecule has 0 heterocycles. The predicted octanol–water partition coefficient (Wildman–Crippen LogP) is 3.27. The molecule has 0 aromatic carbocycles. The molecule has 0 saturated heterocycles. The van der Waals surface area contributed by atoms with Gasteiger partial charge in [-0.25, -0.2) is 0 Å². The van der Waals surface area contributed by atoms with E-state index in [0.29, 0.717) is 5.78 Å². The molecule has 0 atom stereocenters. The van der Waals surface area contributed by atoms with Crippen molar-refractivity contribution in [3.63, 3.8) is 0 Å². The maximum absolute atomic E-state index is 12.3. The second-order valence-corrected chi connectivity index (χ2v) is 4.88. The largest absolute Gasteiger partial charge is 0.298 e. The lowest BCUT2D eigenvalue weighted by atomic mass is 9.83. The van der Waals surface area contributed by atoms with E-state index in [0.717, 1.165) is 38.5 Å². The molecule has 76 valence electrons. The number of hydrogen-bond donors (Lipinski definition) is 0. The van der Waals surface area contributed by atoms with Gasteiger partial charge in [-0.3, -0.25) is 4.79 Å². The van der Waals surface area contributed by atoms with Crippen molar-refractivity contribution in [3.8, 4) is 0 Å². The van der Waals surface area contributed by atoms with E-state index in [1.807, 2.05) is 12.2 Å². The molecule has 2 aliphatic rings. The van der Waals surface area contributed by atoms with Gasteiger partial charge in [0.1, 0.15) is 5.78 Å². The van der Waals surface area contributed by atoms with Crippen LogP contribution in [-0.4, -0.2) is 5.78 Å². The Morgan fingerprint density at radius 1 is 1.00 bits per heavy atom. The molecular weight excluding hydrogens is 172 g/mol. The third-order valence-electron chi connectivity index (χ3n) is 3.74. The molecule has 14 heavy (non-hydrogen) atoms. The van der Waals surface area contributed by atoms with E-state index in [4.69, 9.17) is 0 Å². The van der Waals surface area contributed by atoms with Crippen LogP contribution in [-0.2, 0) is 4.79 Å². The van der Waals surface area contributed by atoms with E-state index >= 15 is 0 Å².